The molecule has 0 fully saturated rings. The van der Waals surface area contributed by atoms with Crippen molar-refractivity contribution in [3.63, 3.8) is 0 Å². The smallest absolute Gasteiger partial charge is 0.337 e. The summed E-state index contributed by atoms with van der Waals surface area (Å²) in [4.78, 5) is 35.6. The van der Waals surface area contributed by atoms with Crippen LogP contribution < -0.4 is 5.32 Å². The predicted molar refractivity (Wildman–Crippen MR) is 80.6 cm³/mol. The molecule has 0 aromatic heterocycles. The van der Waals surface area contributed by atoms with Crippen molar-refractivity contribution in [2.24, 2.45) is 0 Å². The fraction of sp³-hybridized carbons (Fsp3) is 0.500. The summed E-state index contributed by atoms with van der Waals surface area (Å²) in [5.41, 5.74) is 0.452. The molecule has 0 aliphatic carbocycles. The highest BCUT2D eigenvalue weighted by atomic mass is 32.2. The molecular formula is C14H19NO6S. The summed E-state index contributed by atoms with van der Waals surface area (Å²) in [6.45, 7) is 5.29. The molecule has 22 heavy (non-hydrogen) atoms. The Kier molecular flexibility index (Phi) is 6.97. The maximum absolute atomic E-state index is 12.1. The van der Waals surface area contributed by atoms with E-state index in [1.54, 1.807) is 20.8 Å². The van der Waals surface area contributed by atoms with Gasteiger partial charge in [0.15, 0.2) is 0 Å². The van der Waals surface area contributed by atoms with Crippen LogP contribution in [0.25, 0.3) is 0 Å². The first kappa shape index (κ1) is 18.1. The number of hydrogen-bond acceptors (Lipinski definition) is 8. The number of rotatable bonds is 5. The first-order valence-corrected chi connectivity index (χ1v) is 7.60. The molecule has 0 saturated carbocycles. The molecule has 0 aromatic carbocycles. The topological polar surface area (TPSA) is 90.9 Å². The molecular weight excluding hydrogens is 310 g/mol. The van der Waals surface area contributed by atoms with Gasteiger partial charge in [0.25, 0.3) is 0 Å². The Hall–Kier alpha value is -1.96. The normalized spacial score (nSPS) is 19.5. The lowest BCUT2D eigenvalue weighted by molar-refractivity contribution is -0.145. The fourth-order valence-electron chi connectivity index (χ4n) is 1.65. The van der Waals surface area contributed by atoms with Gasteiger partial charge in [0.05, 0.1) is 36.5 Å². The number of carbonyl (C=O) groups excluding carboxylic acids is 3. The number of carbonyl (C=O) groups is 3. The second-order valence-electron chi connectivity index (χ2n) is 4.16. The molecule has 0 radical (unpaired) electrons. The largest absolute Gasteiger partial charge is 0.466 e. The molecule has 0 bridgehead atoms. The van der Waals surface area contributed by atoms with Crippen LogP contribution in [-0.4, -0.2) is 43.5 Å². The van der Waals surface area contributed by atoms with Crippen LogP contribution >= 0.6 is 11.8 Å². The number of nitrogens with one attached hydrogen (secondary N) is 1. The van der Waals surface area contributed by atoms with E-state index in [4.69, 9.17) is 9.47 Å². The minimum absolute atomic E-state index is 0.145. The Morgan fingerprint density at radius 3 is 2.41 bits per heavy atom. The molecule has 0 unspecified atom stereocenters. The molecule has 0 spiro atoms. The maximum Gasteiger partial charge on any atom is 0.337 e. The number of ether oxygens (including phenoxy) is 3. The molecule has 122 valence electrons. The monoisotopic (exact) mass is 329 g/mol. The molecule has 0 saturated heterocycles. The Balaban J connectivity index is 3.12. The number of hydrogen-bond donors (Lipinski definition) is 1. The first-order valence-electron chi connectivity index (χ1n) is 6.72. The average Bonchev–Trinajstić information content (AvgIpc) is 2.53. The summed E-state index contributed by atoms with van der Waals surface area (Å²) >= 11 is 1.02. The highest BCUT2D eigenvalue weighted by Gasteiger charge is 2.35. The van der Waals surface area contributed by atoms with Crippen LogP contribution in [0.1, 0.15) is 20.8 Å². The van der Waals surface area contributed by atoms with Crippen LogP contribution in [0, 0.1) is 0 Å². The van der Waals surface area contributed by atoms with Gasteiger partial charge in [-0.25, -0.2) is 9.59 Å². The van der Waals surface area contributed by atoms with Crippen molar-refractivity contribution in [2.75, 3.05) is 20.3 Å². The van der Waals surface area contributed by atoms with E-state index in [2.05, 4.69) is 10.1 Å². The zero-order valence-electron chi connectivity index (χ0n) is 12.9. The second kappa shape index (κ2) is 8.47. The number of thioether (sulfide) groups is 1. The third-order valence-electron chi connectivity index (χ3n) is 2.72. The van der Waals surface area contributed by atoms with Gasteiger partial charge in [-0.05, 0) is 20.8 Å². The van der Waals surface area contributed by atoms with Gasteiger partial charge in [-0.15, -0.1) is 0 Å². The lowest BCUT2D eigenvalue weighted by Crippen LogP contribution is -2.33. The van der Waals surface area contributed by atoms with Gasteiger partial charge in [-0.3, -0.25) is 4.79 Å². The van der Waals surface area contributed by atoms with Gasteiger partial charge in [0, 0.05) is 6.20 Å². The predicted octanol–water partition coefficient (Wildman–Crippen LogP) is 1.11. The van der Waals surface area contributed by atoms with E-state index in [0.717, 1.165) is 11.8 Å². The van der Waals surface area contributed by atoms with E-state index in [9.17, 15) is 14.4 Å². The molecule has 7 nitrogen and oxygen atoms in total. The summed E-state index contributed by atoms with van der Waals surface area (Å²) in [5.74, 6) is -1.69. The van der Waals surface area contributed by atoms with Crippen LogP contribution in [-0.2, 0) is 28.6 Å². The van der Waals surface area contributed by atoms with E-state index in [1.807, 2.05) is 0 Å². The Labute approximate surface area is 133 Å². The van der Waals surface area contributed by atoms with Gasteiger partial charge < -0.3 is 19.5 Å². The summed E-state index contributed by atoms with van der Waals surface area (Å²) in [7, 11) is 1.27. The van der Waals surface area contributed by atoms with Crippen LogP contribution in [0.15, 0.2) is 22.4 Å². The molecule has 1 N–H and O–H groups in total. The lowest BCUT2D eigenvalue weighted by Gasteiger charge is -2.24. The Bertz CT molecular complexity index is 525. The molecule has 1 heterocycles. The second-order valence-corrected chi connectivity index (χ2v) is 5.28. The van der Waals surface area contributed by atoms with E-state index in [1.165, 1.54) is 13.3 Å². The molecule has 8 heteroatoms. The highest BCUT2D eigenvalue weighted by Crippen LogP contribution is 2.33. The van der Waals surface area contributed by atoms with E-state index < -0.39 is 23.2 Å². The summed E-state index contributed by atoms with van der Waals surface area (Å²) < 4.78 is 14.6. The van der Waals surface area contributed by atoms with Crippen molar-refractivity contribution in [3.8, 4) is 0 Å². The number of esters is 3. The first-order chi connectivity index (χ1) is 10.5. The van der Waals surface area contributed by atoms with Crippen LogP contribution in [0.5, 0.6) is 0 Å². The van der Waals surface area contributed by atoms with Crippen LogP contribution in [0.2, 0.25) is 0 Å². The van der Waals surface area contributed by atoms with Gasteiger partial charge in [0.2, 0.25) is 0 Å². The van der Waals surface area contributed by atoms with Crippen molar-refractivity contribution < 1.29 is 28.6 Å². The summed E-state index contributed by atoms with van der Waals surface area (Å²) in [5, 5.41) is 2.36. The third-order valence-corrected chi connectivity index (χ3v) is 4.06. The zero-order valence-corrected chi connectivity index (χ0v) is 13.7. The van der Waals surface area contributed by atoms with Gasteiger partial charge in [0.1, 0.15) is 5.25 Å². The quantitative estimate of drug-likeness (QED) is 0.456. The molecule has 0 amide bonds. The molecule has 1 rings (SSSR count). The average molecular weight is 329 g/mol. The Morgan fingerprint density at radius 1 is 1.23 bits per heavy atom. The molecule has 0 aromatic rings. The maximum atomic E-state index is 12.1. The van der Waals surface area contributed by atoms with Crippen molar-refractivity contribution in [3.05, 3.63) is 22.4 Å². The SMILES string of the molecule is CCOC(=O)C1=CN/C(=C(/C)C(=O)OC)S[C@@H]1C(=O)OCC. The summed E-state index contributed by atoms with van der Waals surface area (Å²) in [6, 6.07) is 0. The minimum Gasteiger partial charge on any atom is -0.466 e. The molecule has 1 atom stereocenters. The molecule has 1 aliphatic heterocycles. The van der Waals surface area contributed by atoms with Crippen LogP contribution in [0.3, 0.4) is 0 Å². The van der Waals surface area contributed by atoms with Crippen molar-refractivity contribution in [1.29, 1.82) is 0 Å². The van der Waals surface area contributed by atoms with Crippen molar-refractivity contribution >= 4 is 29.7 Å². The van der Waals surface area contributed by atoms with Gasteiger partial charge in [-0.2, -0.15) is 0 Å². The number of methoxy groups -OCH3 is 1. The Morgan fingerprint density at radius 2 is 1.86 bits per heavy atom. The van der Waals surface area contributed by atoms with Crippen molar-refractivity contribution in [1.82, 2.24) is 5.32 Å². The van der Waals surface area contributed by atoms with E-state index in [0.29, 0.717) is 10.6 Å². The lowest BCUT2D eigenvalue weighted by atomic mass is 10.2. The van der Waals surface area contributed by atoms with Gasteiger partial charge in [-0.1, -0.05) is 11.8 Å². The highest BCUT2D eigenvalue weighted by molar-refractivity contribution is 8.04. The van der Waals surface area contributed by atoms with E-state index in [-0.39, 0.29) is 18.8 Å². The van der Waals surface area contributed by atoms with Gasteiger partial charge >= 0.3 is 17.9 Å². The minimum atomic E-state index is -0.894. The molecule has 1 aliphatic rings. The zero-order chi connectivity index (χ0) is 16.7. The fourth-order valence-corrected chi connectivity index (χ4v) is 2.73. The standard InChI is InChI=1S/C14H19NO6S/c1-5-20-13(17)9-7-15-11(8(3)12(16)19-4)22-10(9)14(18)21-6-2/h7,10,15H,5-6H2,1-4H3/b11-8+/t10-/m0/s1. The van der Waals surface area contributed by atoms with Crippen LogP contribution in [0.4, 0.5) is 0 Å². The van der Waals surface area contributed by atoms with E-state index >= 15 is 0 Å². The summed E-state index contributed by atoms with van der Waals surface area (Å²) in [6.07, 6.45) is 1.36. The van der Waals surface area contributed by atoms with Crippen molar-refractivity contribution in [2.45, 2.75) is 26.0 Å². The third kappa shape index (κ3) is 4.27.